The van der Waals surface area contributed by atoms with Crippen LogP contribution in [-0.4, -0.2) is 4.21 Å². The molecule has 0 saturated heterocycles. The largest absolute Gasteiger partial charge is 0.398 e. The van der Waals surface area contributed by atoms with E-state index in [9.17, 15) is 8.60 Å². The van der Waals surface area contributed by atoms with Gasteiger partial charge in [-0.05, 0) is 29.8 Å². The fourth-order valence-electron chi connectivity index (χ4n) is 1.55. The van der Waals surface area contributed by atoms with E-state index in [2.05, 4.69) is 15.9 Å². The number of nitrogen functional groups attached to an aromatic ring is 1. The summed E-state index contributed by atoms with van der Waals surface area (Å²) in [5.74, 6) is -0.0228. The number of anilines is 1. The van der Waals surface area contributed by atoms with Gasteiger partial charge in [0.1, 0.15) is 5.82 Å². The molecule has 2 aromatic rings. The molecule has 2 N–H and O–H groups in total. The van der Waals surface area contributed by atoms with Crippen molar-refractivity contribution in [3.8, 4) is 0 Å². The maximum Gasteiger partial charge on any atom is 0.124 e. The predicted octanol–water partition coefficient (Wildman–Crippen LogP) is 3.48. The van der Waals surface area contributed by atoms with Crippen LogP contribution >= 0.6 is 15.9 Å². The SMILES string of the molecule is Nc1ccccc1S(=O)Cc1ccc(F)cc1Br. The molecule has 1 unspecified atom stereocenters. The van der Waals surface area contributed by atoms with Gasteiger partial charge in [0.25, 0.3) is 0 Å². The Balaban J connectivity index is 2.24. The van der Waals surface area contributed by atoms with Gasteiger partial charge < -0.3 is 5.73 Å². The molecule has 0 aromatic heterocycles. The molecule has 0 saturated carbocycles. The summed E-state index contributed by atoms with van der Waals surface area (Å²) in [5, 5.41) is 0. The molecule has 0 radical (unpaired) electrons. The van der Waals surface area contributed by atoms with Gasteiger partial charge in [-0.2, -0.15) is 0 Å². The van der Waals surface area contributed by atoms with Crippen molar-refractivity contribution in [2.24, 2.45) is 0 Å². The highest BCUT2D eigenvalue weighted by Crippen LogP contribution is 2.23. The molecule has 2 nitrogen and oxygen atoms in total. The molecule has 94 valence electrons. The van der Waals surface area contributed by atoms with Crippen LogP contribution in [0.1, 0.15) is 5.56 Å². The van der Waals surface area contributed by atoms with Crippen molar-refractivity contribution in [1.29, 1.82) is 0 Å². The molecular weight excluding hydrogens is 317 g/mol. The van der Waals surface area contributed by atoms with Crippen LogP contribution in [0.15, 0.2) is 51.8 Å². The van der Waals surface area contributed by atoms with Gasteiger partial charge in [0.05, 0.1) is 21.4 Å². The van der Waals surface area contributed by atoms with E-state index in [1.165, 1.54) is 12.1 Å². The Morgan fingerprint density at radius 2 is 1.94 bits per heavy atom. The van der Waals surface area contributed by atoms with Crippen molar-refractivity contribution >= 4 is 32.4 Å². The zero-order valence-corrected chi connectivity index (χ0v) is 11.8. The van der Waals surface area contributed by atoms with E-state index >= 15 is 0 Å². The fourth-order valence-corrected chi connectivity index (χ4v) is 3.47. The summed E-state index contributed by atoms with van der Waals surface area (Å²) in [5.41, 5.74) is 7.07. The number of hydrogen-bond donors (Lipinski definition) is 1. The average molecular weight is 328 g/mol. The third kappa shape index (κ3) is 2.97. The molecule has 0 aliphatic carbocycles. The summed E-state index contributed by atoms with van der Waals surface area (Å²) in [4.78, 5) is 0.605. The summed E-state index contributed by atoms with van der Waals surface area (Å²) in [7, 11) is -1.24. The second-order valence-corrected chi connectivity index (χ2v) is 6.04. The maximum atomic E-state index is 12.9. The summed E-state index contributed by atoms with van der Waals surface area (Å²) < 4.78 is 25.8. The van der Waals surface area contributed by atoms with Gasteiger partial charge in [0.15, 0.2) is 0 Å². The first-order valence-corrected chi connectivity index (χ1v) is 7.36. The monoisotopic (exact) mass is 327 g/mol. The van der Waals surface area contributed by atoms with Crippen LogP contribution in [0.25, 0.3) is 0 Å². The van der Waals surface area contributed by atoms with Crippen LogP contribution in [0.2, 0.25) is 0 Å². The molecule has 0 heterocycles. The third-order valence-electron chi connectivity index (χ3n) is 2.47. The van der Waals surface area contributed by atoms with Crippen LogP contribution in [0, 0.1) is 5.82 Å². The molecule has 2 rings (SSSR count). The Labute approximate surface area is 116 Å². The van der Waals surface area contributed by atoms with Crippen LogP contribution in [0.4, 0.5) is 10.1 Å². The van der Waals surface area contributed by atoms with Gasteiger partial charge in [0.2, 0.25) is 0 Å². The number of rotatable bonds is 3. The Kier molecular flexibility index (Phi) is 4.14. The van der Waals surface area contributed by atoms with Crippen molar-refractivity contribution in [1.82, 2.24) is 0 Å². The highest BCUT2D eigenvalue weighted by atomic mass is 79.9. The Hall–Kier alpha value is -1.20. The number of hydrogen-bond acceptors (Lipinski definition) is 2. The van der Waals surface area contributed by atoms with Gasteiger partial charge in [0, 0.05) is 10.2 Å². The van der Waals surface area contributed by atoms with Crippen molar-refractivity contribution in [2.45, 2.75) is 10.6 Å². The van der Waals surface area contributed by atoms with E-state index in [0.717, 1.165) is 5.56 Å². The molecule has 0 aliphatic heterocycles. The lowest BCUT2D eigenvalue weighted by molar-refractivity contribution is 0.626. The summed E-state index contributed by atoms with van der Waals surface area (Å²) in [6, 6.07) is 11.4. The normalized spacial score (nSPS) is 12.3. The molecule has 5 heteroatoms. The van der Waals surface area contributed by atoms with Crippen molar-refractivity contribution in [2.75, 3.05) is 5.73 Å². The molecule has 0 amide bonds. The van der Waals surface area contributed by atoms with Crippen molar-refractivity contribution in [3.05, 3.63) is 58.3 Å². The lowest BCUT2D eigenvalue weighted by atomic mass is 10.2. The zero-order chi connectivity index (χ0) is 13.1. The molecule has 0 fully saturated rings. The summed E-state index contributed by atoms with van der Waals surface area (Å²) in [6.45, 7) is 0. The Morgan fingerprint density at radius 3 is 2.61 bits per heavy atom. The van der Waals surface area contributed by atoms with Crippen molar-refractivity contribution in [3.63, 3.8) is 0 Å². The molecule has 2 aromatic carbocycles. The highest BCUT2D eigenvalue weighted by molar-refractivity contribution is 9.10. The second-order valence-electron chi connectivity index (χ2n) is 3.76. The van der Waals surface area contributed by atoms with E-state index in [4.69, 9.17) is 5.73 Å². The first-order valence-electron chi connectivity index (χ1n) is 5.25. The van der Waals surface area contributed by atoms with Crippen LogP contribution in [0.5, 0.6) is 0 Å². The van der Waals surface area contributed by atoms with Crippen LogP contribution in [-0.2, 0) is 16.6 Å². The molecule has 1 atom stereocenters. The minimum atomic E-state index is -1.24. The third-order valence-corrected chi connectivity index (χ3v) is 4.64. The van der Waals surface area contributed by atoms with E-state index in [1.807, 2.05) is 0 Å². The topological polar surface area (TPSA) is 43.1 Å². The number of benzene rings is 2. The molecule has 0 spiro atoms. The molecular formula is C13H11BrFNOS. The van der Waals surface area contributed by atoms with Gasteiger partial charge >= 0.3 is 0 Å². The average Bonchev–Trinajstić information content (AvgIpc) is 2.33. The molecule has 0 bridgehead atoms. The molecule has 0 aliphatic rings. The van der Waals surface area contributed by atoms with Crippen molar-refractivity contribution < 1.29 is 8.60 Å². The van der Waals surface area contributed by atoms with Crippen LogP contribution in [0.3, 0.4) is 0 Å². The van der Waals surface area contributed by atoms with E-state index < -0.39 is 10.8 Å². The van der Waals surface area contributed by atoms with E-state index in [0.29, 0.717) is 20.8 Å². The first-order chi connectivity index (χ1) is 8.58. The maximum absolute atomic E-state index is 12.9. The van der Waals surface area contributed by atoms with Gasteiger partial charge in [-0.3, -0.25) is 4.21 Å². The quantitative estimate of drug-likeness (QED) is 0.877. The minimum absolute atomic E-state index is 0.301. The lowest BCUT2D eigenvalue weighted by Gasteiger charge is -2.07. The Bertz CT molecular complexity index is 603. The second kappa shape index (κ2) is 5.63. The highest BCUT2D eigenvalue weighted by Gasteiger charge is 2.10. The fraction of sp³-hybridized carbons (Fsp3) is 0.0769. The minimum Gasteiger partial charge on any atom is -0.398 e. The van der Waals surface area contributed by atoms with E-state index in [-0.39, 0.29) is 5.82 Å². The van der Waals surface area contributed by atoms with Gasteiger partial charge in [-0.25, -0.2) is 4.39 Å². The number of nitrogens with two attached hydrogens (primary N) is 1. The molecule has 18 heavy (non-hydrogen) atoms. The predicted molar refractivity (Wildman–Crippen MR) is 75.1 cm³/mol. The smallest absolute Gasteiger partial charge is 0.124 e. The van der Waals surface area contributed by atoms with Crippen LogP contribution < -0.4 is 5.73 Å². The Morgan fingerprint density at radius 1 is 1.22 bits per heavy atom. The lowest BCUT2D eigenvalue weighted by Crippen LogP contribution is -2.01. The van der Waals surface area contributed by atoms with Gasteiger partial charge in [-0.15, -0.1) is 0 Å². The number of para-hydroxylation sites is 1. The summed E-state index contributed by atoms with van der Waals surface area (Å²) in [6.07, 6.45) is 0. The first kappa shape index (κ1) is 13.2. The van der Waals surface area contributed by atoms with Gasteiger partial charge in [-0.1, -0.05) is 34.1 Å². The van der Waals surface area contributed by atoms with E-state index in [1.54, 1.807) is 30.3 Å². The standard InChI is InChI=1S/C13H11BrFNOS/c14-11-7-10(15)6-5-9(11)8-18(17)13-4-2-1-3-12(13)16/h1-7H,8,16H2. The summed E-state index contributed by atoms with van der Waals surface area (Å²) >= 11 is 3.26. The zero-order valence-electron chi connectivity index (χ0n) is 9.40. The number of halogens is 2.